The van der Waals surface area contributed by atoms with Crippen molar-refractivity contribution < 1.29 is 0 Å². The number of nitrogens with one attached hydrogen (secondary N) is 2. The maximum absolute atomic E-state index is 5.25. The molecule has 0 saturated heterocycles. The van der Waals surface area contributed by atoms with Gasteiger partial charge in [0.2, 0.25) is 0 Å². The lowest BCUT2D eigenvalue weighted by Gasteiger charge is -2.09. The van der Waals surface area contributed by atoms with Crippen molar-refractivity contribution in [2.75, 3.05) is 5.32 Å². The average Bonchev–Trinajstić information content (AvgIpc) is 2.69. The van der Waals surface area contributed by atoms with E-state index in [-0.39, 0.29) is 0 Å². The molecule has 4 nitrogen and oxygen atoms in total. The monoisotopic (exact) mass is 274 g/mol. The van der Waals surface area contributed by atoms with Crippen molar-refractivity contribution in [1.82, 2.24) is 15.1 Å². The van der Waals surface area contributed by atoms with Crippen molar-refractivity contribution in [2.45, 2.75) is 20.4 Å². The molecule has 0 unspecified atom stereocenters. The van der Waals surface area contributed by atoms with Crippen LogP contribution in [0.4, 0.5) is 5.69 Å². The molecule has 19 heavy (non-hydrogen) atoms. The zero-order chi connectivity index (χ0) is 13.8. The Bertz CT molecular complexity index is 552. The smallest absolute Gasteiger partial charge is 0.171 e. The third-order valence-electron chi connectivity index (χ3n) is 2.90. The van der Waals surface area contributed by atoms with E-state index in [0.717, 1.165) is 17.1 Å². The number of benzene rings is 1. The van der Waals surface area contributed by atoms with Crippen molar-refractivity contribution in [3.8, 4) is 0 Å². The molecule has 0 fully saturated rings. The van der Waals surface area contributed by atoms with E-state index in [0.29, 0.717) is 11.7 Å². The van der Waals surface area contributed by atoms with E-state index in [4.69, 9.17) is 12.2 Å². The molecule has 1 heterocycles. The molecule has 0 saturated carbocycles. The molecule has 0 spiro atoms. The Morgan fingerprint density at radius 1 is 1.26 bits per heavy atom. The first kappa shape index (κ1) is 13.5. The van der Waals surface area contributed by atoms with Crippen LogP contribution >= 0.6 is 12.2 Å². The normalized spacial score (nSPS) is 10.3. The molecule has 2 N–H and O–H groups in total. The van der Waals surface area contributed by atoms with Gasteiger partial charge in [0.25, 0.3) is 0 Å². The average molecular weight is 274 g/mol. The maximum Gasteiger partial charge on any atom is 0.171 e. The summed E-state index contributed by atoms with van der Waals surface area (Å²) in [5, 5.41) is 11.3. The molecule has 2 aromatic rings. The third-order valence-corrected chi connectivity index (χ3v) is 3.15. The molecule has 0 aliphatic heterocycles. The molecule has 1 aromatic carbocycles. The minimum absolute atomic E-state index is 0.604. The van der Waals surface area contributed by atoms with Crippen LogP contribution in [-0.4, -0.2) is 14.9 Å². The first-order valence-electron chi connectivity index (χ1n) is 6.15. The molecule has 0 bridgehead atoms. The largest absolute Gasteiger partial charge is 0.357 e. The van der Waals surface area contributed by atoms with Crippen molar-refractivity contribution in [1.29, 1.82) is 0 Å². The van der Waals surface area contributed by atoms with Crippen LogP contribution in [0.2, 0.25) is 0 Å². The standard InChI is InChI=1S/C14H18N4S/c1-10-4-6-12(7-5-10)16-14(19)15-9-13-8-11(2)18(3)17-13/h4-8H,9H2,1-3H3,(H2,15,16,19). The van der Waals surface area contributed by atoms with Gasteiger partial charge < -0.3 is 10.6 Å². The van der Waals surface area contributed by atoms with Crippen molar-refractivity contribution in [3.05, 3.63) is 47.3 Å². The summed E-state index contributed by atoms with van der Waals surface area (Å²) in [5.41, 5.74) is 4.33. The van der Waals surface area contributed by atoms with Crippen molar-refractivity contribution in [2.24, 2.45) is 7.05 Å². The van der Waals surface area contributed by atoms with Gasteiger partial charge >= 0.3 is 0 Å². The molecule has 0 aliphatic carbocycles. The lowest BCUT2D eigenvalue weighted by Crippen LogP contribution is -2.28. The van der Waals surface area contributed by atoms with Gasteiger partial charge in [-0.15, -0.1) is 0 Å². The summed E-state index contributed by atoms with van der Waals surface area (Å²) >= 11 is 5.25. The highest BCUT2D eigenvalue weighted by Gasteiger charge is 2.02. The van der Waals surface area contributed by atoms with E-state index < -0.39 is 0 Å². The molecule has 100 valence electrons. The number of hydrogen-bond acceptors (Lipinski definition) is 2. The van der Waals surface area contributed by atoms with E-state index in [9.17, 15) is 0 Å². The van der Waals surface area contributed by atoms with E-state index in [1.165, 1.54) is 5.56 Å². The minimum atomic E-state index is 0.604. The highest BCUT2D eigenvalue weighted by atomic mass is 32.1. The summed E-state index contributed by atoms with van der Waals surface area (Å²) in [4.78, 5) is 0. The number of nitrogens with zero attached hydrogens (tertiary/aromatic N) is 2. The maximum atomic E-state index is 5.25. The highest BCUT2D eigenvalue weighted by Crippen LogP contribution is 2.08. The second-order valence-corrected chi connectivity index (χ2v) is 4.98. The summed E-state index contributed by atoms with van der Waals surface area (Å²) in [6, 6.07) is 10.2. The minimum Gasteiger partial charge on any atom is -0.357 e. The third kappa shape index (κ3) is 3.79. The molecule has 1 aromatic heterocycles. The summed E-state index contributed by atoms with van der Waals surface area (Å²) in [6.07, 6.45) is 0. The summed E-state index contributed by atoms with van der Waals surface area (Å²) < 4.78 is 1.85. The van der Waals surface area contributed by atoms with Crippen LogP contribution in [0.1, 0.15) is 17.0 Å². The molecule has 0 atom stereocenters. The Morgan fingerprint density at radius 2 is 1.95 bits per heavy atom. The Kier molecular flexibility index (Phi) is 4.16. The number of rotatable bonds is 3. The van der Waals surface area contributed by atoms with Gasteiger partial charge in [-0.1, -0.05) is 17.7 Å². The lowest BCUT2D eigenvalue weighted by molar-refractivity contribution is 0.712. The van der Waals surface area contributed by atoms with Crippen molar-refractivity contribution in [3.63, 3.8) is 0 Å². The van der Waals surface area contributed by atoms with Gasteiger partial charge in [-0.25, -0.2) is 0 Å². The van der Waals surface area contributed by atoms with E-state index in [1.807, 2.05) is 49.0 Å². The van der Waals surface area contributed by atoms with Crippen LogP contribution in [-0.2, 0) is 13.6 Å². The fourth-order valence-electron chi connectivity index (χ4n) is 1.70. The number of anilines is 1. The van der Waals surface area contributed by atoms with Gasteiger partial charge in [0.05, 0.1) is 12.2 Å². The molecular formula is C14H18N4S. The van der Waals surface area contributed by atoms with Gasteiger partial charge in [0.15, 0.2) is 5.11 Å². The first-order chi connectivity index (χ1) is 9.04. The Morgan fingerprint density at radius 3 is 2.53 bits per heavy atom. The van der Waals surface area contributed by atoms with E-state index >= 15 is 0 Å². The molecule has 2 rings (SSSR count). The second-order valence-electron chi connectivity index (χ2n) is 4.57. The van der Waals surface area contributed by atoms with Gasteiger partial charge in [0, 0.05) is 18.4 Å². The van der Waals surface area contributed by atoms with Crippen molar-refractivity contribution >= 4 is 23.0 Å². The van der Waals surface area contributed by atoms with Gasteiger partial charge in [0.1, 0.15) is 0 Å². The highest BCUT2D eigenvalue weighted by molar-refractivity contribution is 7.80. The van der Waals surface area contributed by atoms with Gasteiger partial charge in [-0.3, -0.25) is 4.68 Å². The van der Waals surface area contributed by atoms with Crippen LogP contribution in [0, 0.1) is 13.8 Å². The number of aryl methyl sites for hydroxylation is 3. The van der Waals surface area contributed by atoms with Crippen LogP contribution in [0.5, 0.6) is 0 Å². The number of thiocarbonyl (C=S) groups is 1. The number of hydrogen-bond donors (Lipinski definition) is 2. The number of aromatic nitrogens is 2. The predicted molar refractivity (Wildman–Crippen MR) is 82.2 cm³/mol. The Labute approximate surface area is 118 Å². The molecule has 0 radical (unpaired) electrons. The topological polar surface area (TPSA) is 41.9 Å². The lowest BCUT2D eigenvalue weighted by atomic mass is 10.2. The quantitative estimate of drug-likeness (QED) is 0.844. The summed E-state index contributed by atoms with van der Waals surface area (Å²) in [7, 11) is 1.93. The van der Waals surface area contributed by atoms with Crippen LogP contribution < -0.4 is 10.6 Å². The molecule has 0 aliphatic rings. The molecular weight excluding hydrogens is 256 g/mol. The van der Waals surface area contributed by atoms with E-state index in [2.05, 4.69) is 22.7 Å². The molecule has 0 amide bonds. The fourth-order valence-corrected chi connectivity index (χ4v) is 1.89. The first-order valence-corrected chi connectivity index (χ1v) is 6.56. The van der Waals surface area contributed by atoms with Gasteiger partial charge in [-0.05, 0) is 44.3 Å². The van der Waals surface area contributed by atoms with Crippen LogP contribution in [0.15, 0.2) is 30.3 Å². The summed E-state index contributed by atoms with van der Waals surface area (Å²) in [5.74, 6) is 0. The zero-order valence-electron chi connectivity index (χ0n) is 11.4. The molecule has 5 heteroatoms. The zero-order valence-corrected chi connectivity index (χ0v) is 12.2. The Balaban J connectivity index is 1.86. The predicted octanol–water partition coefficient (Wildman–Crippen LogP) is 2.52. The SMILES string of the molecule is Cc1ccc(NC(=S)NCc2cc(C)n(C)n2)cc1. The Hall–Kier alpha value is -1.88. The van der Waals surface area contributed by atoms with Crippen LogP contribution in [0.25, 0.3) is 0 Å². The van der Waals surface area contributed by atoms with Gasteiger partial charge in [-0.2, -0.15) is 5.10 Å². The van der Waals surface area contributed by atoms with E-state index in [1.54, 1.807) is 0 Å². The fraction of sp³-hybridized carbons (Fsp3) is 0.286. The second kappa shape index (κ2) is 5.84. The van der Waals surface area contributed by atoms with Crippen LogP contribution in [0.3, 0.4) is 0 Å². The summed E-state index contributed by atoms with van der Waals surface area (Å²) in [6.45, 7) is 4.71.